The number of carboxylic acid groups (broad SMARTS) is 3. The number of carbonyl (C=O) groups excluding carboxylic acids is 3. The van der Waals surface area contributed by atoms with E-state index in [2.05, 4.69) is 15.6 Å². The van der Waals surface area contributed by atoms with E-state index in [-0.39, 0.29) is 25.3 Å². The number of aliphatic hydroxyl groups excluding tert-OH is 1. The second-order valence-electron chi connectivity index (χ2n) is 7.29. The van der Waals surface area contributed by atoms with Crippen LogP contribution < -0.4 is 33.2 Å². The van der Waals surface area contributed by atoms with Gasteiger partial charge in [-0.05, 0) is 19.3 Å². The molecule has 0 aromatic rings. The van der Waals surface area contributed by atoms with E-state index < -0.39 is 85.7 Å². The lowest BCUT2D eigenvalue weighted by Gasteiger charge is -2.24. The summed E-state index contributed by atoms with van der Waals surface area (Å²) in [4.78, 5) is 74.2. The van der Waals surface area contributed by atoms with Crippen LogP contribution in [0.25, 0.3) is 0 Å². The number of nitrogens with one attached hydrogen (secondary N) is 3. The molecule has 0 heterocycles. The van der Waals surface area contributed by atoms with Gasteiger partial charge in [-0.25, -0.2) is 4.79 Å². The van der Waals surface area contributed by atoms with Crippen LogP contribution in [-0.2, 0) is 28.8 Å². The van der Waals surface area contributed by atoms with Crippen LogP contribution in [0.4, 0.5) is 0 Å². The van der Waals surface area contributed by atoms with Crippen LogP contribution in [0, 0.1) is 0 Å². The number of aliphatic carboxylic acids is 3. The van der Waals surface area contributed by atoms with Crippen LogP contribution >= 0.6 is 0 Å². The highest BCUT2D eigenvalue weighted by Gasteiger charge is 2.31. The van der Waals surface area contributed by atoms with Gasteiger partial charge < -0.3 is 53.6 Å². The fourth-order valence-corrected chi connectivity index (χ4v) is 2.59. The first-order valence-corrected chi connectivity index (χ1v) is 10.3. The van der Waals surface area contributed by atoms with Crippen LogP contribution in [0.5, 0.6) is 0 Å². The van der Waals surface area contributed by atoms with Gasteiger partial charge in [-0.2, -0.15) is 0 Å². The van der Waals surface area contributed by atoms with Gasteiger partial charge in [-0.3, -0.25) is 29.0 Å². The summed E-state index contributed by atoms with van der Waals surface area (Å²) in [5.41, 5.74) is 15.9. The summed E-state index contributed by atoms with van der Waals surface area (Å²) in [6, 6.07) is -6.11. The van der Waals surface area contributed by atoms with Gasteiger partial charge in [-0.1, -0.05) is 0 Å². The van der Waals surface area contributed by atoms with E-state index >= 15 is 0 Å². The molecule has 4 unspecified atom stereocenters. The van der Waals surface area contributed by atoms with E-state index in [9.17, 15) is 28.8 Å². The van der Waals surface area contributed by atoms with Gasteiger partial charge in [0.1, 0.15) is 24.2 Å². The van der Waals surface area contributed by atoms with E-state index in [4.69, 9.17) is 37.6 Å². The molecular formula is C18H31N7O10. The average Bonchev–Trinajstić information content (AvgIpc) is 2.76. The summed E-state index contributed by atoms with van der Waals surface area (Å²) in [6.45, 7) is -0.648. The van der Waals surface area contributed by atoms with E-state index in [1.165, 1.54) is 0 Å². The van der Waals surface area contributed by atoms with E-state index in [1.54, 1.807) is 0 Å². The molecule has 0 aromatic carbocycles. The summed E-state index contributed by atoms with van der Waals surface area (Å²) in [7, 11) is 0. The smallest absolute Gasteiger partial charge is 0.326 e. The van der Waals surface area contributed by atoms with Crippen LogP contribution in [0.3, 0.4) is 0 Å². The molecule has 35 heavy (non-hydrogen) atoms. The zero-order chi connectivity index (χ0) is 27.1. The average molecular weight is 505 g/mol. The van der Waals surface area contributed by atoms with Crippen LogP contribution in [-0.4, -0.2) is 99.3 Å². The lowest BCUT2D eigenvalue weighted by atomic mass is 10.1. The molecule has 0 saturated carbocycles. The molecule has 0 aliphatic rings. The Kier molecular flexibility index (Phi) is 14.0. The highest BCUT2D eigenvalue weighted by Crippen LogP contribution is 2.05. The van der Waals surface area contributed by atoms with Crippen molar-refractivity contribution >= 4 is 41.6 Å². The second-order valence-corrected chi connectivity index (χ2v) is 7.29. The first-order chi connectivity index (χ1) is 16.3. The zero-order valence-corrected chi connectivity index (χ0v) is 18.7. The van der Waals surface area contributed by atoms with E-state index in [1.807, 2.05) is 5.32 Å². The molecule has 0 aliphatic carbocycles. The van der Waals surface area contributed by atoms with Gasteiger partial charge in [0.25, 0.3) is 0 Å². The minimum Gasteiger partial charge on any atom is -0.481 e. The Morgan fingerprint density at radius 2 is 1.29 bits per heavy atom. The van der Waals surface area contributed by atoms with Crippen LogP contribution in [0.2, 0.25) is 0 Å². The quantitative estimate of drug-likeness (QED) is 0.0504. The highest BCUT2D eigenvalue weighted by atomic mass is 16.4. The van der Waals surface area contributed by atoms with Crippen molar-refractivity contribution in [2.75, 3.05) is 13.2 Å². The predicted octanol–water partition coefficient (Wildman–Crippen LogP) is -4.76. The second kappa shape index (κ2) is 15.8. The van der Waals surface area contributed by atoms with Gasteiger partial charge in [0.2, 0.25) is 17.7 Å². The third kappa shape index (κ3) is 13.3. The summed E-state index contributed by atoms with van der Waals surface area (Å²) < 4.78 is 0. The molecule has 0 aliphatic heterocycles. The number of hydrogen-bond donors (Lipinski definition) is 10. The van der Waals surface area contributed by atoms with Crippen molar-refractivity contribution in [3.8, 4) is 0 Å². The standard InChI is InChI=1S/C18H31N7O10/c19-8(7-26)14(31)23-9(2-1-5-22-18(20)21)15(32)24-10(3-4-12(27)28)16(33)25-11(17(34)35)6-13(29)30/h8-11,26H,1-7,19H2,(H,23,31)(H,24,32)(H,25,33)(H,27,28)(H,29,30)(H,34,35)(H4,20,21,22). The Morgan fingerprint density at radius 3 is 1.74 bits per heavy atom. The number of nitrogens with two attached hydrogens (primary N) is 3. The van der Waals surface area contributed by atoms with Crippen molar-refractivity contribution in [2.24, 2.45) is 22.2 Å². The van der Waals surface area contributed by atoms with E-state index in [0.29, 0.717) is 0 Å². The number of hydrogen-bond acceptors (Lipinski definition) is 9. The molecule has 0 saturated heterocycles. The molecule has 0 rings (SSSR count). The largest absolute Gasteiger partial charge is 0.481 e. The van der Waals surface area contributed by atoms with Crippen molar-refractivity contribution in [2.45, 2.75) is 56.3 Å². The Labute approximate surface area is 199 Å². The van der Waals surface area contributed by atoms with Gasteiger partial charge >= 0.3 is 17.9 Å². The number of nitrogens with zero attached hydrogens (tertiary/aromatic N) is 1. The predicted molar refractivity (Wildman–Crippen MR) is 118 cm³/mol. The molecule has 0 spiro atoms. The monoisotopic (exact) mass is 505 g/mol. The zero-order valence-electron chi connectivity index (χ0n) is 18.7. The van der Waals surface area contributed by atoms with Gasteiger partial charge in [0.05, 0.1) is 13.0 Å². The van der Waals surface area contributed by atoms with Crippen molar-refractivity contribution < 1.29 is 49.2 Å². The molecule has 13 N–H and O–H groups in total. The number of amides is 3. The number of aliphatic imine (C=N–C) groups is 1. The molecule has 3 amide bonds. The van der Waals surface area contributed by atoms with Crippen molar-refractivity contribution in [1.82, 2.24) is 16.0 Å². The van der Waals surface area contributed by atoms with Crippen molar-refractivity contribution in [3.63, 3.8) is 0 Å². The maximum Gasteiger partial charge on any atom is 0.326 e. The van der Waals surface area contributed by atoms with Crippen molar-refractivity contribution in [3.05, 3.63) is 0 Å². The highest BCUT2D eigenvalue weighted by molar-refractivity contribution is 5.94. The van der Waals surface area contributed by atoms with Gasteiger partial charge in [0, 0.05) is 13.0 Å². The molecule has 198 valence electrons. The summed E-state index contributed by atoms with van der Waals surface area (Å²) >= 11 is 0. The van der Waals surface area contributed by atoms with Gasteiger partial charge in [0.15, 0.2) is 5.96 Å². The molecule has 0 fully saturated rings. The number of guanidine groups is 1. The Bertz CT molecular complexity index is 815. The lowest BCUT2D eigenvalue weighted by Crippen LogP contribution is -2.57. The molecular weight excluding hydrogens is 474 g/mol. The minimum absolute atomic E-state index is 0.0590. The minimum atomic E-state index is -1.85. The Balaban J connectivity index is 5.63. The topological polar surface area (TPSA) is 310 Å². The van der Waals surface area contributed by atoms with E-state index in [0.717, 1.165) is 0 Å². The van der Waals surface area contributed by atoms with Crippen LogP contribution in [0.1, 0.15) is 32.1 Å². The molecule has 17 nitrogen and oxygen atoms in total. The summed E-state index contributed by atoms with van der Waals surface area (Å²) in [6.07, 6.45) is -1.93. The summed E-state index contributed by atoms with van der Waals surface area (Å²) in [5, 5.41) is 42.3. The molecule has 4 atom stereocenters. The maximum absolute atomic E-state index is 12.8. The third-order valence-electron chi connectivity index (χ3n) is 4.38. The first kappa shape index (κ1) is 31.0. The third-order valence-corrected chi connectivity index (χ3v) is 4.38. The Hall–Kier alpha value is -3.99. The first-order valence-electron chi connectivity index (χ1n) is 10.3. The molecule has 17 heteroatoms. The van der Waals surface area contributed by atoms with Crippen molar-refractivity contribution in [1.29, 1.82) is 0 Å². The lowest BCUT2D eigenvalue weighted by molar-refractivity contribution is -0.147. The fourth-order valence-electron chi connectivity index (χ4n) is 2.59. The molecule has 0 radical (unpaired) electrons. The molecule has 0 bridgehead atoms. The number of rotatable bonds is 17. The number of carboxylic acids is 3. The number of carbonyl (C=O) groups is 6. The fraction of sp³-hybridized carbons (Fsp3) is 0.611. The Morgan fingerprint density at radius 1 is 0.771 bits per heavy atom. The number of aliphatic hydroxyl groups is 1. The SMILES string of the molecule is NC(N)=NCCCC(NC(=O)C(N)CO)C(=O)NC(CCC(=O)O)C(=O)NC(CC(=O)O)C(=O)O. The maximum atomic E-state index is 12.8. The normalized spacial score (nSPS) is 13.9. The molecule has 0 aromatic heterocycles. The summed E-state index contributed by atoms with van der Waals surface area (Å²) in [5.74, 6) is -7.71. The van der Waals surface area contributed by atoms with Gasteiger partial charge in [-0.15, -0.1) is 0 Å². The van der Waals surface area contributed by atoms with Crippen LogP contribution in [0.15, 0.2) is 4.99 Å².